The topological polar surface area (TPSA) is 106 Å². The van der Waals surface area contributed by atoms with E-state index in [9.17, 15) is 8.42 Å². The molecule has 4 N–H and O–H groups in total. The van der Waals surface area contributed by atoms with E-state index in [1.165, 1.54) is 12.1 Å². The number of aliphatic imine (C=N–C) groups is 1. The van der Waals surface area contributed by atoms with E-state index in [1.807, 2.05) is 38.1 Å². The summed E-state index contributed by atoms with van der Waals surface area (Å²) in [5.41, 5.74) is 2.00. The molecule has 2 rings (SSSR count). The van der Waals surface area contributed by atoms with E-state index >= 15 is 0 Å². The van der Waals surface area contributed by atoms with Crippen LogP contribution in [0.5, 0.6) is 5.75 Å². The molecule has 2 aromatic rings. The molecule has 0 radical (unpaired) electrons. The number of nitrogens with one attached hydrogen (secondary N) is 2. The van der Waals surface area contributed by atoms with Gasteiger partial charge in [0.25, 0.3) is 0 Å². The summed E-state index contributed by atoms with van der Waals surface area (Å²) >= 11 is 0. The third-order valence-electron chi connectivity index (χ3n) is 3.91. The van der Waals surface area contributed by atoms with E-state index in [0.717, 1.165) is 16.9 Å². The van der Waals surface area contributed by atoms with Crippen LogP contribution >= 0.6 is 0 Å². The van der Waals surface area contributed by atoms with Crippen LogP contribution in [0.2, 0.25) is 0 Å². The van der Waals surface area contributed by atoms with Gasteiger partial charge in [-0.2, -0.15) is 0 Å². The molecule has 0 amide bonds. The number of benzene rings is 2. The number of para-hydroxylation sites is 1. The summed E-state index contributed by atoms with van der Waals surface area (Å²) in [5, 5.41) is 11.5. The number of hydrogen-bond donors (Lipinski definition) is 3. The lowest BCUT2D eigenvalue weighted by Crippen LogP contribution is -2.41. The summed E-state index contributed by atoms with van der Waals surface area (Å²) in [7, 11) is -1.99. The maximum Gasteiger partial charge on any atom is 0.238 e. The fourth-order valence-electron chi connectivity index (χ4n) is 2.39. The zero-order valence-corrected chi connectivity index (χ0v) is 16.6. The number of nitrogens with two attached hydrogens (primary N) is 1. The third kappa shape index (κ3) is 6.58. The quantitative estimate of drug-likeness (QED) is 0.494. The second kappa shape index (κ2) is 9.38. The largest absolute Gasteiger partial charge is 0.489 e. The highest BCUT2D eigenvalue weighted by molar-refractivity contribution is 7.89. The van der Waals surface area contributed by atoms with Gasteiger partial charge in [-0.3, -0.25) is 4.99 Å². The Balaban J connectivity index is 1.83. The van der Waals surface area contributed by atoms with Crippen LogP contribution in [0.25, 0.3) is 0 Å². The average Bonchev–Trinajstić information content (AvgIpc) is 2.63. The fourth-order valence-corrected chi connectivity index (χ4v) is 2.91. The number of hydrogen-bond acceptors (Lipinski definition) is 4. The minimum absolute atomic E-state index is 0.0429. The Morgan fingerprint density at radius 3 is 2.41 bits per heavy atom. The van der Waals surface area contributed by atoms with Crippen LogP contribution in [-0.4, -0.2) is 34.1 Å². The molecule has 27 heavy (non-hydrogen) atoms. The van der Waals surface area contributed by atoms with Crippen molar-refractivity contribution in [3.05, 3.63) is 59.7 Å². The summed E-state index contributed by atoms with van der Waals surface area (Å²) in [5.74, 6) is 1.50. The Morgan fingerprint density at radius 2 is 1.81 bits per heavy atom. The zero-order chi connectivity index (χ0) is 19.9. The molecule has 7 nitrogen and oxygen atoms in total. The van der Waals surface area contributed by atoms with Gasteiger partial charge in [0.1, 0.15) is 11.9 Å². The first-order valence-electron chi connectivity index (χ1n) is 8.58. The van der Waals surface area contributed by atoms with Crippen LogP contribution in [-0.2, 0) is 16.6 Å². The summed E-state index contributed by atoms with van der Waals surface area (Å²) < 4.78 is 28.5. The minimum Gasteiger partial charge on any atom is -0.489 e. The minimum atomic E-state index is -3.67. The molecule has 0 fully saturated rings. The van der Waals surface area contributed by atoms with Crippen LogP contribution in [0.15, 0.2) is 58.4 Å². The van der Waals surface area contributed by atoms with Crippen molar-refractivity contribution >= 4 is 16.0 Å². The normalized spacial score (nSPS) is 13.1. The highest BCUT2D eigenvalue weighted by Gasteiger charge is 2.09. The molecule has 0 bridgehead atoms. The van der Waals surface area contributed by atoms with Gasteiger partial charge in [0.15, 0.2) is 5.96 Å². The van der Waals surface area contributed by atoms with Crippen molar-refractivity contribution in [1.29, 1.82) is 0 Å². The molecule has 1 atom stereocenters. The summed E-state index contributed by atoms with van der Waals surface area (Å²) in [4.78, 5) is 4.27. The van der Waals surface area contributed by atoms with Crippen molar-refractivity contribution in [1.82, 2.24) is 10.6 Å². The predicted molar refractivity (Wildman–Crippen MR) is 107 cm³/mol. The molecule has 0 spiro atoms. The van der Waals surface area contributed by atoms with Gasteiger partial charge in [-0.1, -0.05) is 30.3 Å². The van der Waals surface area contributed by atoms with Crippen molar-refractivity contribution in [3.63, 3.8) is 0 Å². The van der Waals surface area contributed by atoms with Crippen molar-refractivity contribution in [3.8, 4) is 5.75 Å². The fraction of sp³-hybridized carbons (Fsp3) is 0.316. The Kier molecular flexibility index (Phi) is 7.20. The zero-order valence-electron chi connectivity index (χ0n) is 15.8. The first-order valence-corrected chi connectivity index (χ1v) is 10.1. The van der Waals surface area contributed by atoms with Gasteiger partial charge in [0.05, 0.1) is 11.4 Å². The van der Waals surface area contributed by atoms with Crippen LogP contribution < -0.4 is 20.5 Å². The van der Waals surface area contributed by atoms with Gasteiger partial charge in [-0.05, 0) is 43.2 Å². The monoisotopic (exact) mass is 390 g/mol. The molecule has 146 valence electrons. The van der Waals surface area contributed by atoms with E-state index in [2.05, 4.69) is 15.6 Å². The van der Waals surface area contributed by atoms with E-state index in [1.54, 1.807) is 19.2 Å². The van der Waals surface area contributed by atoms with Crippen LogP contribution in [0.3, 0.4) is 0 Å². The van der Waals surface area contributed by atoms with Crippen molar-refractivity contribution in [2.24, 2.45) is 10.1 Å². The molecule has 1 unspecified atom stereocenters. The summed E-state index contributed by atoms with van der Waals surface area (Å²) in [6, 6.07) is 14.3. The first kappa shape index (κ1) is 20.7. The SMILES string of the molecule is CN=C(NCc1ccc(S(N)(=O)=O)cc1)NCC(C)Oc1ccccc1C. The number of rotatable bonds is 7. The number of primary sulfonamides is 1. The van der Waals surface area contributed by atoms with Crippen LogP contribution in [0.1, 0.15) is 18.1 Å². The molecular formula is C19H26N4O3S. The number of nitrogens with zero attached hydrogens (tertiary/aromatic N) is 1. The van der Waals surface area contributed by atoms with E-state index in [0.29, 0.717) is 19.0 Å². The van der Waals surface area contributed by atoms with E-state index < -0.39 is 10.0 Å². The maximum absolute atomic E-state index is 11.3. The van der Waals surface area contributed by atoms with Crippen molar-refractivity contribution < 1.29 is 13.2 Å². The molecule has 0 aliphatic carbocycles. The standard InChI is InChI=1S/C19H26N4O3S/c1-14-6-4-5-7-18(14)26-15(2)12-22-19(21-3)23-13-16-8-10-17(11-9-16)27(20,24)25/h4-11,15H,12-13H2,1-3H3,(H2,20,24,25)(H2,21,22,23). The van der Waals surface area contributed by atoms with Crippen molar-refractivity contribution in [2.75, 3.05) is 13.6 Å². The van der Waals surface area contributed by atoms with Gasteiger partial charge in [-0.15, -0.1) is 0 Å². The molecular weight excluding hydrogens is 364 g/mol. The Morgan fingerprint density at radius 1 is 1.15 bits per heavy atom. The molecule has 8 heteroatoms. The number of guanidine groups is 1. The molecule has 0 saturated heterocycles. The Hall–Kier alpha value is -2.58. The van der Waals surface area contributed by atoms with Gasteiger partial charge < -0.3 is 15.4 Å². The van der Waals surface area contributed by atoms with E-state index in [-0.39, 0.29) is 11.0 Å². The smallest absolute Gasteiger partial charge is 0.238 e. The number of ether oxygens (including phenoxy) is 1. The molecule has 0 aliphatic heterocycles. The molecule has 0 aromatic heterocycles. The molecule has 2 aromatic carbocycles. The van der Waals surface area contributed by atoms with Crippen LogP contribution in [0, 0.1) is 6.92 Å². The second-order valence-electron chi connectivity index (χ2n) is 6.19. The maximum atomic E-state index is 11.3. The summed E-state index contributed by atoms with van der Waals surface area (Å²) in [6.07, 6.45) is -0.0429. The lowest BCUT2D eigenvalue weighted by Gasteiger charge is -2.19. The van der Waals surface area contributed by atoms with Gasteiger partial charge in [0, 0.05) is 13.6 Å². The second-order valence-corrected chi connectivity index (χ2v) is 7.75. The van der Waals surface area contributed by atoms with Gasteiger partial charge >= 0.3 is 0 Å². The van der Waals surface area contributed by atoms with Crippen LogP contribution in [0.4, 0.5) is 0 Å². The summed E-state index contributed by atoms with van der Waals surface area (Å²) in [6.45, 7) is 5.08. The third-order valence-corrected chi connectivity index (χ3v) is 4.84. The highest BCUT2D eigenvalue weighted by atomic mass is 32.2. The Labute approximate surface area is 160 Å². The number of aryl methyl sites for hydroxylation is 1. The lowest BCUT2D eigenvalue weighted by atomic mass is 10.2. The van der Waals surface area contributed by atoms with Gasteiger partial charge in [0.2, 0.25) is 10.0 Å². The first-order chi connectivity index (χ1) is 12.8. The Bertz CT molecular complexity index is 880. The highest BCUT2D eigenvalue weighted by Crippen LogP contribution is 2.17. The predicted octanol–water partition coefficient (Wildman–Crippen LogP) is 1.77. The molecule has 0 saturated carbocycles. The average molecular weight is 391 g/mol. The molecule has 0 heterocycles. The number of sulfonamides is 1. The van der Waals surface area contributed by atoms with Crippen molar-refractivity contribution in [2.45, 2.75) is 31.4 Å². The van der Waals surface area contributed by atoms with Gasteiger partial charge in [-0.25, -0.2) is 13.6 Å². The molecule has 0 aliphatic rings. The van der Waals surface area contributed by atoms with E-state index in [4.69, 9.17) is 9.88 Å². The lowest BCUT2D eigenvalue weighted by molar-refractivity contribution is 0.222.